The molecule has 0 aliphatic heterocycles. The van der Waals surface area contributed by atoms with Crippen molar-refractivity contribution in [1.29, 1.82) is 0 Å². The Morgan fingerprint density at radius 1 is 1.37 bits per heavy atom. The maximum atomic E-state index is 4.59. The number of aromatic nitrogens is 1. The van der Waals surface area contributed by atoms with E-state index < -0.39 is 0 Å². The SMILES string of the molecule is CCN(CCNC1CCCc2cccnc21)C1CC1. The smallest absolute Gasteiger partial charge is 0.0605 e. The van der Waals surface area contributed by atoms with E-state index in [9.17, 15) is 0 Å². The van der Waals surface area contributed by atoms with E-state index in [4.69, 9.17) is 0 Å². The first kappa shape index (κ1) is 13.1. The second-order valence-corrected chi connectivity index (χ2v) is 5.81. The fraction of sp³-hybridized carbons (Fsp3) is 0.688. The lowest BCUT2D eigenvalue weighted by molar-refractivity contribution is 0.269. The molecule has 0 radical (unpaired) electrons. The Hall–Kier alpha value is -0.930. The van der Waals surface area contributed by atoms with Crippen LogP contribution >= 0.6 is 0 Å². The van der Waals surface area contributed by atoms with Crippen molar-refractivity contribution in [2.45, 2.75) is 51.1 Å². The Labute approximate surface area is 116 Å². The van der Waals surface area contributed by atoms with E-state index in [1.807, 2.05) is 6.20 Å². The zero-order valence-corrected chi connectivity index (χ0v) is 11.9. The molecule has 0 bridgehead atoms. The molecule has 1 heterocycles. The quantitative estimate of drug-likeness (QED) is 0.851. The average Bonchev–Trinajstić information content (AvgIpc) is 3.28. The summed E-state index contributed by atoms with van der Waals surface area (Å²) in [7, 11) is 0. The van der Waals surface area contributed by atoms with Gasteiger partial charge in [0.15, 0.2) is 0 Å². The lowest BCUT2D eigenvalue weighted by Crippen LogP contribution is -2.36. The van der Waals surface area contributed by atoms with Crippen molar-refractivity contribution in [2.24, 2.45) is 0 Å². The maximum Gasteiger partial charge on any atom is 0.0605 e. The van der Waals surface area contributed by atoms with Gasteiger partial charge in [0.25, 0.3) is 0 Å². The number of likely N-dealkylation sites (N-methyl/N-ethyl adjacent to an activating group) is 1. The highest BCUT2D eigenvalue weighted by atomic mass is 15.2. The van der Waals surface area contributed by atoms with Gasteiger partial charge in [-0.15, -0.1) is 0 Å². The van der Waals surface area contributed by atoms with Gasteiger partial charge in [0.1, 0.15) is 0 Å². The molecule has 1 N–H and O–H groups in total. The highest BCUT2D eigenvalue weighted by Gasteiger charge is 2.27. The number of hydrogen-bond donors (Lipinski definition) is 1. The minimum absolute atomic E-state index is 0.475. The third-order valence-corrected chi connectivity index (χ3v) is 4.45. The molecule has 1 saturated carbocycles. The van der Waals surface area contributed by atoms with Crippen molar-refractivity contribution in [3.63, 3.8) is 0 Å². The lowest BCUT2D eigenvalue weighted by atomic mass is 9.92. The molecule has 1 aromatic heterocycles. The first-order chi connectivity index (χ1) is 9.38. The number of fused-ring (bicyclic) bond motifs is 1. The van der Waals surface area contributed by atoms with Crippen molar-refractivity contribution in [3.05, 3.63) is 29.6 Å². The number of nitrogens with zero attached hydrogens (tertiary/aromatic N) is 2. The van der Waals surface area contributed by atoms with Crippen LogP contribution in [0.4, 0.5) is 0 Å². The van der Waals surface area contributed by atoms with Gasteiger partial charge in [-0.3, -0.25) is 9.88 Å². The monoisotopic (exact) mass is 259 g/mol. The van der Waals surface area contributed by atoms with Gasteiger partial charge in [0, 0.05) is 31.4 Å². The van der Waals surface area contributed by atoms with Gasteiger partial charge in [-0.25, -0.2) is 0 Å². The van der Waals surface area contributed by atoms with E-state index in [2.05, 4.69) is 34.3 Å². The minimum atomic E-state index is 0.475. The Morgan fingerprint density at radius 3 is 3.05 bits per heavy atom. The lowest BCUT2D eigenvalue weighted by Gasteiger charge is -2.27. The van der Waals surface area contributed by atoms with Gasteiger partial charge in [-0.1, -0.05) is 13.0 Å². The van der Waals surface area contributed by atoms with Crippen LogP contribution in [0.3, 0.4) is 0 Å². The zero-order chi connectivity index (χ0) is 13.1. The number of nitrogens with one attached hydrogen (secondary N) is 1. The highest BCUT2D eigenvalue weighted by molar-refractivity contribution is 5.25. The molecular formula is C16H25N3. The van der Waals surface area contributed by atoms with Gasteiger partial charge in [0.2, 0.25) is 0 Å². The normalized spacial score (nSPS) is 22.5. The molecule has 3 rings (SSSR count). The van der Waals surface area contributed by atoms with Crippen molar-refractivity contribution >= 4 is 0 Å². The number of pyridine rings is 1. The zero-order valence-electron chi connectivity index (χ0n) is 11.9. The standard InChI is InChI=1S/C16H25N3/c1-2-19(14-8-9-14)12-11-17-15-7-3-5-13-6-4-10-18-16(13)15/h4,6,10,14-15,17H,2-3,5,7-9,11-12H2,1H3. The van der Waals surface area contributed by atoms with Crippen LogP contribution < -0.4 is 5.32 Å². The molecule has 1 atom stereocenters. The van der Waals surface area contributed by atoms with Gasteiger partial charge >= 0.3 is 0 Å². The van der Waals surface area contributed by atoms with Gasteiger partial charge < -0.3 is 5.32 Å². The molecule has 0 amide bonds. The Balaban J connectivity index is 1.53. The Morgan fingerprint density at radius 2 is 2.26 bits per heavy atom. The fourth-order valence-electron chi connectivity index (χ4n) is 3.23. The number of aryl methyl sites for hydroxylation is 1. The van der Waals surface area contributed by atoms with E-state index in [0.29, 0.717) is 6.04 Å². The maximum absolute atomic E-state index is 4.59. The summed E-state index contributed by atoms with van der Waals surface area (Å²) in [5.74, 6) is 0. The predicted octanol–water partition coefficient (Wildman–Crippen LogP) is 2.53. The molecule has 2 aliphatic carbocycles. The first-order valence-corrected chi connectivity index (χ1v) is 7.79. The van der Waals surface area contributed by atoms with Gasteiger partial charge in [0.05, 0.1) is 5.69 Å². The van der Waals surface area contributed by atoms with E-state index in [0.717, 1.165) is 12.6 Å². The summed E-state index contributed by atoms with van der Waals surface area (Å²) < 4.78 is 0. The molecule has 0 saturated heterocycles. The predicted molar refractivity (Wildman–Crippen MR) is 78.2 cm³/mol. The third kappa shape index (κ3) is 3.15. The highest BCUT2D eigenvalue weighted by Crippen LogP contribution is 2.28. The summed E-state index contributed by atoms with van der Waals surface area (Å²) in [5.41, 5.74) is 2.74. The topological polar surface area (TPSA) is 28.2 Å². The Kier molecular flexibility index (Phi) is 4.14. The van der Waals surface area contributed by atoms with Gasteiger partial charge in [-0.2, -0.15) is 0 Å². The number of hydrogen-bond acceptors (Lipinski definition) is 3. The molecule has 1 unspecified atom stereocenters. The average molecular weight is 259 g/mol. The molecule has 0 aromatic carbocycles. The second kappa shape index (κ2) is 6.02. The summed E-state index contributed by atoms with van der Waals surface area (Å²) in [6.07, 6.45) is 8.46. The summed E-state index contributed by atoms with van der Waals surface area (Å²) in [6, 6.07) is 5.65. The van der Waals surface area contributed by atoms with Crippen LogP contribution in [0.2, 0.25) is 0 Å². The number of rotatable bonds is 6. The summed E-state index contributed by atoms with van der Waals surface area (Å²) in [4.78, 5) is 7.20. The molecular weight excluding hydrogens is 234 g/mol. The first-order valence-electron chi connectivity index (χ1n) is 7.79. The van der Waals surface area contributed by atoms with Crippen LogP contribution in [0.5, 0.6) is 0 Å². The third-order valence-electron chi connectivity index (χ3n) is 4.45. The van der Waals surface area contributed by atoms with Gasteiger partial charge in [-0.05, 0) is 50.3 Å². The molecule has 1 fully saturated rings. The molecule has 104 valence electrons. The van der Waals surface area contributed by atoms with Crippen LogP contribution in [-0.2, 0) is 6.42 Å². The van der Waals surface area contributed by atoms with Crippen LogP contribution in [0, 0.1) is 0 Å². The molecule has 0 spiro atoms. The molecule has 1 aromatic rings. The summed E-state index contributed by atoms with van der Waals surface area (Å²) in [5, 5.41) is 3.72. The van der Waals surface area contributed by atoms with Crippen LogP contribution in [0.15, 0.2) is 18.3 Å². The van der Waals surface area contributed by atoms with Crippen molar-refractivity contribution in [2.75, 3.05) is 19.6 Å². The van der Waals surface area contributed by atoms with Crippen molar-refractivity contribution < 1.29 is 0 Å². The molecule has 19 heavy (non-hydrogen) atoms. The summed E-state index contributed by atoms with van der Waals surface area (Å²) >= 11 is 0. The minimum Gasteiger partial charge on any atom is -0.307 e. The molecule has 3 nitrogen and oxygen atoms in total. The second-order valence-electron chi connectivity index (χ2n) is 5.81. The molecule has 2 aliphatic rings. The van der Waals surface area contributed by atoms with E-state index >= 15 is 0 Å². The van der Waals surface area contributed by atoms with E-state index in [1.165, 1.54) is 56.5 Å². The van der Waals surface area contributed by atoms with Crippen molar-refractivity contribution in [3.8, 4) is 0 Å². The van der Waals surface area contributed by atoms with E-state index in [1.54, 1.807) is 0 Å². The fourth-order valence-corrected chi connectivity index (χ4v) is 3.23. The Bertz CT molecular complexity index is 414. The van der Waals surface area contributed by atoms with Crippen molar-refractivity contribution in [1.82, 2.24) is 15.2 Å². The van der Waals surface area contributed by atoms with Crippen LogP contribution in [0.25, 0.3) is 0 Å². The van der Waals surface area contributed by atoms with Crippen LogP contribution in [0.1, 0.15) is 49.9 Å². The van der Waals surface area contributed by atoms with E-state index in [-0.39, 0.29) is 0 Å². The molecule has 3 heteroatoms. The van der Waals surface area contributed by atoms with Crippen LogP contribution in [-0.4, -0.2) is 35.6 Å². The largest absolute Gasteiger partial charge is 0.307 e. The summed E-state index contributed by atoms with van der Waals surface area (Å²) in [6.45, 7) is 5.73.